The molecular weight excluding hydrogens is 396 g/mol. The summed E-state index contributed by atoms with van der Waals surface area (Å²) in [6.45, 7) is 10.6. The van der Waals surface area contributed by atoms with E-state index in [9.17, 15) is 5.11 Å². The van der Waals surface area contributed by atoms with Gasteiger partial charge < -0.3 is 23.7 Å². The fourth-order valence-corrected chi connectivity index (χ4v) is 9.23. The molecule has 4 atom stereocenters. The second-order valence-corrected chi connectivity index (χ2v) is 13.9. The molecule has 0 bridgehead atoms. The van der Waals surface area contributed by atoms with Crippen LogP contribution in [0.3, 0.4) is 0 Å². The SMILES string of the molecule is CC1(C)OC2[C@H](O[C@H](CO[Si](c3ccccc3)(c3ccccc3)C(C)(C)C)[C@@H]2O)O1. The highest BCUT2D eigenvalue weighted by molar-refractivity contribution is 6.99. The van der Waals surface area contributed by atoms with E-state index in [1.54, 1.807) is 0 Å². The maximum Gasteiger partial charge on any atom is 0.261 e. The minimum Gasteiger partial charge on any atom is -0.405 e. The van der Waals surface area contributed by atoms with Crippen molar-refractivity contribution in [3.8, 4) is 0 Å². The Hall–Kier alpha value is -1.54. The van der Waals surface area contributed by atoms with Gasteiger partial charge in [0.1, 0.15) is 18.3 Å². The molecule has 6 heteroatoms. The first-order valence-electron chi connectivity index (χ1n) is 10.6. The van der Waals surface area contributed by atoms with E-state index < -0.39 is 38.7 Å². The summed E-state index contributed by atoms with van der Waals surface area (Å²) in [4.78, 5) is 0. The average Bonchev–Trinajstić information content (AvgIpc) is 3.15. The van der Waals surface area contributed by atoms with E-state index in [0.29, 0.717) is 0 Å². The fraction of sp³-hybridized carbons (Fsp3) is 0.500. The van der Waals surface area contributed by atoms with Crippen molar-refractivity contribution >= 4 is 18.7 Å². The number of benzene rings is 2. The van der Waals surface area contributed by atoms with Gasteiger partial charge in [0.15, 0.2) is 12.1 Å². The van der Waals surface area contributed by atoms with E-state index in [2.05, 4.69) is 69.3 Å². The average molecular weight is 429 g/mol. The van der Waals surface area contributed by atoms with Crippen LogP contribution >= 0.6 is 0 Å². The first-order valence-corrected chi connectivity index (χ1v) is 12.5. The van der Waals surface area contributed by atoms with Crippen LogP contribution in [0.15, 0.2) is 60.7 Å². The Balaban J connectivity index is 1.65. The number of rotatable bonds is 5. The second kappa shape index (κ2) is 7.86. The zero-order valence-electron chi connectivity index (χ0n) is 18.4. The zero-order valence-corrected chi connectivity index (χ0v) is 19.4. The van der Waals surface area contributed by atoms with E-state index in [0.717, 1.165) is 0 Å². The molecule has 30 heavy (non-hydrogen) atoms. The molecule has 2 heterocycles. The molecule has 0 saturated carbocycles. The monoisotopic (exact) mass is 428 g/mol. The molecule has 2 aromatic carbocycles. The van der Waals surface area contributed by atoms with E-state index in [-0.39, 0.29) is 11.6 Å². The van der Waals surface area contributed by atoms with Gasteiger partial charge in [-0.15, -0.1) is 0 Å². The fourth-order valence-electron chi connectivity index (χ4n) is 4.66. The number of aliphatic hydroxyl groups excluding tert-OH is 1. The van der Waals surface area contributed by atoms with Crippen molar-refractivity contribution in [1.29, 1.82) is 0 Å². The molecule has 2 aromatic rings. The van der Waals surface area contributed by atoms with Crippen molar-refractivity contribution in [2.75, 3.05) is 6.61 Å². The molecule has 162 valence electrons. The Labute approximate surface area is 180 Å². The lowest BCUT2D eigenvalue weighted by atomic mass is 10.1. The first kappa shape index (κ1) is 21.7. The van der Waals surface area contributed by atoms with Crippen LogP contribution in [0.4, 0.5) is 0 Å². The largest absolute Gasteiger partial charge is 0.405 e. The summed E-state index contributed by atoms with van der Waals surface area (Å²) in [5, 5.41) is 13.1. The Morgan fingerprint density at radius 3 is 1.93 bits per heavy atom. The van der Waals surface area contributed by atoms with E-state index in [1.807, 2.05) is 26.0 Å². The molecule has 5 nitrogen and oxygen atoms in total. The highest BCUT2D eigenvalue weighted by Crippen LogP contribution is 2.40. The zero-order chi connectivity index (χ0) is 21.6. The summed E-state index contributed by atoms with van der Waals surface area (Å²) in [5.74, 6) is -0.750. The highest BCUT2D eigenvalue weighted by atomic mass is 28.4. The Morgan fingerprint density at radius 2 is 1.47 bits per heavy atom. The minimum absolute atomic E-state index is 0.135. The van der Waals surface area contributed by atoms with E-state index in [4.69, 9.17) is 18.6 Å². The molecule has 4 rings (SSSR count). The molecule has 0 radical (unpaired) electrons. The van der Waals surface area contributed by atoms with Gasteiger partial charge >= 0.3 is 0 Å². The molecule has 2 fully saturated rings. The van der Waals surface area contributed by atoms with Crippen LogP contribution in [-0.2, 0) is 18.6 Å². The Kier molecular flexibility index (Phi) is 5.68. The highest BCUT2D eigenvalue weighted by Gasteiger charge is 2.56. The lowest BCUT2D eigenvalue weighted by molar-refractivity contribution is -0.217. The predicted molar refractivity (Wildman–Crippen MR) is 118 cm³/mol. The van der Waals surface area contributed by atoms with Gasteiger partial charge in [-0.25, -0.2) is 0 Å². The molecule has 0 amide bonds. The molecule has 1 unspecified atom stereocenters. The number of aliphatic hydroxyl groups is 1. The van der Waals surface area contributed by atoms with Gasteiger partial charge in [0.05, 0.1) is 6.61 Å². The summed E-state index contributed by atoms with van der Waals surface area (Å²) in [6, 6.07) is 20.9. The van der Waals surface area contributed by atoms with Gasteiger partial charge in [0.2, 0.25) is 0 Å². The summed E-state index contributed by atoms with van der Waals surface area (Å²) in [5.41, 5.74) is 0. The van der Waals surface area contributed by atoms with Crippen LogP contribution in [0.1, 0.15) is 34.6 Å². The van der Waals surface area contributed by atoms with Gasteiger partial charge in [0.25, 0.3) is 8.32 Å². The number of hydrogen-bond acceptors (Lipinski definition) is 5. The third kappa shape index (κ3) is 3.77. The molecule has 2 aliphatic heterocycles. The van der Waals surface area contributed by atoms with Crippen LogP contribution in [0, 0.1) is 0 Å². The summed E-state index contributed by atoms with van der Waals surface area (Å²) in [6.07, 6.45) is -2.36. The summed E-state index contributed by atoms with van der Waals surface area (Å²) >= 11 is 0. The quantitative estimate of drug-likeness (QED) is 0.742. The third-order valence-corrected chi connectivity index (χ3v) is 11.0. The van der Waals surface area contributed by atoms with Crippen LogP contribution in [-0.4, -0.2) is 50.4 Å². The number of ether oxygens (including phenoxy) is 3. The first-order chi connectivity index (χ1) is 14.1. The van der Waals surface area contributed by atoms with E-state index in [1.165, 1.54) is 10.4 Å². The number of hydrogen-bond donors (Lipinski definition) is 1. The lowest BCUT2D eigenvalue weighted by Gasteiger charge is -2.43. The molecular formula is C24H32O5Si. The smallest absolute Gasteiger partial charge is 0.261 e. The van der Waals surface area contributed by atoms with Crippen molar-refractivity contribution in [3.63, 3.8) is 0 Å². The molecule has 2 saturated heterocycles. The van der Waals surface area contributed by atoms with Gasteiger partial charge in [-0.05, 0) is 29.3 Å². The Bertz CT molecular complexity index is 809. The maximum absolute atomic E-state index is 10.8. The second-order valence-electron chi connectivity index (χ2n) is 9.61. The Morgan fingerprint density at radius 1 is 0.933 bits per heavy atom. The van der Waals surface area contributed by atoms with Crippen molar-refractivity contribution in [2.24, 2.45) is 0 Å². The standard InChI is InChI=1S/C24H32O5Si/c1-23(2,3)30(17-12-8-6-9-13-17,18-14-10-7-11-15-18)26-16-19-20(25)21-22(27-19)29-24(4,5)28-21/h6-15,19-22,25H,16H2,1-5H3/t19-,20+,21?,22-/m1/s1. The van der Waals surface area contributed by atoms with Crippen molar-refractivity contribution in [3.05, 3.63) is 60.7 Å². The molecule has 0 aliphatic carbocycles. The molecule has 2 aliphatic rings. The number of fused-ring (bicyclic) bond motifs is 1. The third-order valence-electron chi connectivity index (χ3n) is 6.00. The molecule has 0 spiro atoms. The van der Waals surface area contributed by atoms with Crippen molar-refractivity contribution < 1.29 is 23.7 Å². The van der Waals surface area contributed by atoms with Gasteiger partial charge in [0, 0.05) is 0 Å². The van der Waals surface area contributed by atoms with Crippen LogP contribution in [0.2, 0.25) is 5.04 Å². The van der Waals surface area contributed by atoms with Gasteiger partial charge in [-0.3, -0.25) is 0 Å². The summed E-state index contributed by atoms with van der Waals surface area (Å²) < 4.78 is 24.5. The van der Waals surface area contributed by atoms with Crippen LogP contribution in [0.5, 0.6) is 0 Å². The minimum atomic E-state index is -2.68. The normalized spacial score (nSPS) is 28.5. The maximum atomic E-state index is 10.8. The molecule has 0 aromatic heterocycles. The lowest BCUT2D eigenvalue weighted by Crippen LogP contribution is -2.67. The van der Waals surface area contributed by atoms with Crippen molar-refractivity contribution in [1.82, 2.24) is 0 Å². The van der Waals surface area contributed by atoms with Crippen LogP contribution < -0.4 is 10.4 Å². The molecule has 1 N–H and O–H groups in total. The predicted octanol–water partition coefficient (Wildman–Crippen LogP) is 2.80. The van der Waals surface area contributed by atoms with Gasteiger partial charge in [-0.2, -0.15) is 0 Å². The van der Waals surface area contributed by atoms with Crippen molar-refractivity contribution in [2.45, 2.75) is 70.0 Å². The summed E-state index contributed by atoms with van der Waals surface area (Å²) in [7, 11) is -2.68. The van der Waals surface area contributed by atoms with Gasteiger partial charge in [-0.1, -0.05) is 81.4 Å². The van der Waals surface area contributed by atoms with E-state index >= 15 is 0 Å². The van der Waals surface area contributed by atoms with Crippen LogP contribution in [0.25, 0.3) is 0 Å². The topological polar surface area (TPSA) is 57.2 Å².